The summed E-state index contributed by atoms with van der Waals surface area (Å²) in [6.45, 7) is 3.14. The molecule has 0 unspecified atom stereocenters. The summed E-state index contributed by atoms with van der Waals surface area (Å²) in [5.41, 5.74) is 1.05. The zero-order valence-electron chi connectivity index (χ0n) is 16.5. The minimum absolute atomic E-state index is 0.0172. The van der Waals surface area contributed by atoms with E-state index in [9.17, 15) is 13.2 Å². The average molecular weight is 481 g/mol. The number of halogens is 2. The van der Waals surface area contributed by atoms with Crippen LogP contribution in [0.25, 0.3) is 0 Å². The number of benzene rings is 2. The minimum Gasteiger partial charge on any atom is -0.482 e. The van der Waals surface area contributed by atoms with Gasteiger partial charge in [0.1, 0.15) is 17.4 Å². The first-order valence-electron chi connectivity index (χ1n) is 8.95. The van der Waals surface area contributed by atoms with Crippen molar-refractivity contribution in [1.82, 2.24) is 9.97 Å². The van der Waals surface area contributed by atoms with E-state index in [1.807, 2.05) is 0 Å². The quantitative estimate of drug-likeness (QED) is 0.523. The van der Waals surface area contributed by atoms with Crippen molar-refractivity contribution in [3.63, 3.8) is 0 Å². The number of nitrogens with zero attached hydrogens (tertiary/aromatic N) is 2. The molecule has 0 saturated carbocycles. The fraction of sp³-hybridized carbons (Fsp3) is 0.150. The van der Waals surface area contributed by atoms with Crippen molar-refractivity contribution >= 4 is 50.6 Å². The van der Waals surface area contributed by atoms with Crippen LogP contribution in [0.3, 0.4) is 0 Å². The van der Waals surface area contributed by atoms with Gasteiger partial charge in [-0.2, -0.15) is 0 Å². The molecule has 0 aliphatic carbocycles. The summed E-state index contributed by atoms with van der Waals surface area (Å²) in [4.78, 5) is 20.3. The molecule has 0 spiro atoms. The van der Waals surface area contributed by atoms with Crippen LogP contribution in [0.5, 0.6) is 5.75 Å². The average Bonchev–Trinajstić information content (AvgIpc) is 2.66. The first-order valence-corrected chi connectivity index (χ1v) is 11.2. The Labute approximate surface area is 189 Å². The Hall–Kier alpha value is -2.88. The number of carbonyl (C=O) groups is 1. The van der Waals surface area contributed by atoms with Gasteiger partial charge in [0.2, 0.25) is 0 Å². The number of ether oxygens (including phenoxy) is 1. The Bertz CT molecular complexity index is 1200. The topological polar surface area (TPSA) is 110 Å². The van der Waals surface area contributed by atoms with E-state index < -0.39 is 15.9 Å². The third-order valence-corrected chi connectivity index (χ3v) is 5.81. The van der Waals surface area contributed by atoms with Crippen molar-refractivity contribution in [3.05, 3.63) is 70.1 Å². The lowest BCUT2D eigenvalue weighted by Crippen LogP contribution is -2.20. The molecule has 1 amide bonds. The van der Waals surface area contributed by atoms with E-state index >= 15 is 0 Å². The first kappa shape index (κ1) is 22.8. The van der Waals surface area contributed by atoms with Gasteiger partial charge in [0.05, 0.1) is 9.92 Å². The summed E-state index contributed by atoms with van der Waals surface area (Å²) >= 11 is 11.8. The van der Waals surface area contributed by atoms with Gasteiger partial charge in [0.25, 0.3) is 15.9 Å². The second-order valence-corrected chi connectivity index (χ2v) is 9.01. The van der Waals surface area contributed by atoms with Crippen molar-refractivity contribution in [3.8, 4) is 5.75 Å². The Morgan fingerprint density at radius 1 is 1.03 bits per heavy atom. The van der Waals surface area contributed by atoms with Gasteiger partial charge in [-0.25, -0.2) is 18.4 Å². The molecule has 1 aromatic heterocycles. The molecule has 0 atom stereocenters. The van der Waals surface area contributed by atoms with Gasteiger partial charge in [0, 0.05) is 22.5 Å². The molecule has 3 aromatic rings. The summed E-state index contributed by atoms with van der Waals surface area (Å²) in [6.07, 6.45) is 0. The highest BCUT2D eigenvalue weighted by Gasteiger charge is 2.16. The molecular formula is C20H18Cl2N4O4S. The highest BCUT2D eigenvalue weighted by molar-refractivity contribution is 7.92. The van der Waals surface area contributed by atoms with Crippen LogP contribution >= 0.6 is 23.2 Å². The van der Waals surface area contributed by atoms with Crippen LogP contribution in [0, 0.1) is 13.8 Å². The van der Waals surface area contributed by atoms with Gasteiger partial charge in [-0.15, -0.1) is 0 Å². The number of aryl methyl sites for hydroxylation is 2. The number of hydrogen-bond donors (Lipinski definition) is 2. The zero-order chi connectivity index (χ0) is 22.6. The van der Waals surface area contributed by atoms with E-state index in [-0.39, 0.29) is 22.3 Å². The molecule has 8 nitrogen and oxygen atoms in total. The third kappa shape index (κ3) is 6.30. The summed E-state index contributed by atoms with van der Waals surface area (Å²) in [5.74, 6) is 0.522. The Balaban J connectivity index is 1.61. The van der Waals surface area contributed by atoms with E-state index in [0.717, 1.165) is 0 Å². The van der Waals surface area contributed by atoms with Crippen molar-refractivity contribution in [1.29, 1.82) is 0 Å². The standard InChI is InChI=1S/C20H18Cl2N4O4S/c1-12-9-19(24-13(2)23-12)26-31(28,29)16-6-4-15(5-7-16)25-20(27)11-30-18-8-3-14(21)10-17(18)22/h3-10H,11H2,1-2H3,(H,25,27)(H,23,24,26). The van der Waals surface area contributed by atoms with Gasteiger partial charge in [0.15, 0.2) is 6.61 Å². The predicted octanol–water partition coefficient (Wildman–Crippen LogP) is 4.22. The Kier molecular flexibility index (Phi) is 6.99. The molecule has 31 heavy (non-hydrogen) atoms. The highest BCUT2D eigenvalue weighted by Crippen LogP contribution is 2.27. The molecule has 2 aromatic carbocycles. The molecule has 2 N–H and O–H groups in total. The number of amides is 1. The molecular weight excluding hydrogens is 463 g/mol. The second-order valence-electron chi connectivity index (χ2n) is 6.48. The maximum absolute atomic E-state index is 12.6. The lowest BCUT2D eigenvalue weighted by Gasteiger charge is -2.11. The van der Waals surface area contributed by atoms with Crippen LogP contribution in [0.4, 0.5) is 11.5 Å². The molecule has 3 rings (SSSR count). The molecule has 0 radical (unpaired) electrons. The fourth-order valence-electron chi connectivity index (χ4n) is 2.62. The monoisotopic (exact) mass is 480 g/mol. The molecule has 0 aliphatic heterocycles. The smallest absolute Gasteiger partial charge is 0.263 e. The molecule has 0 saturated heterocycles. The largest absolute Gasteiger partial charge is 0.482 e. The Morgan fingerprint density at radius 2 is 1.74 bits per heavy atom. The van der Waals surface area contributed by atoms with Crippen LogP contribution in [-0.2, 0) is 14.8 Å². The van der Waals surface area contributed by atoms with Crippen LogP contribution in [0.15, 0.2) is 53.4 Å². The SMILES string of the molecule is Cc1cc(NS(=O)(=O)c2ccc(NC(=O)COc3ccc(Cl)cc3Cl)cc2)nc(C)n1. The maximum atomic E-state index is 12.6. The minimum atomic E-state index is -3.85. The van der Waals surface area contributed by atoms with E-state index in [1.165, 1.54) is 36.4 Å². The van der Waals surface area contributed by atoms with E-state index in [2.05, 4.69) is 20.0 Å². The lowest BCUT2D eigenvalue weighted by atomic mass is 10.3. The molecule has 0 bridgehead atoms. The maximum Gasteiger partial charge on any atom is 0.263 e. The normalized spacial score (nSPS) is 11.1. The van der Waals surface area contributed by atoms with Crippen molar-refractivity contribution in [2.45, 2.75) is 18.7 Å². The van der Waals surface area contributed by atoms with Crippen molar-refractivity contribution < 1.29 is 17.9 Å². The van der Waals surface area contributed by atoms with Crippen molar-refractivity contribution in [2.75, 3.05) is 16.6 Å². The van der Waals surface area contributed by atoms with Crippen LogP contribution in [-0.4, -0.2) is 30.9 Å². The molecule has 11 heteroatoms. The predicted molar refractivity (Wildman–Crippen MR) is 119 cm³/mol. The fourth-order valence-corrected chi connectivity index (χ4v) is 4.07. The number of rotatable bonds is 7. The summed E-state index contributed by atoms with van der Waals surface area (Å²) in [6, 6.07) is 11.9. The zero-order valence-corrected chi connectivity index (χ0v) is 18.8. The second kappa shape index (κ2) is 9.51. The molecule has 162 valence electrons. The molecule has 0 fully saturated rings. The van der Waals surface area contributed by atoms with Gasteiger partial charge < -0.3 is 10.1 Å². The van der Waals surface area contributed by atoms with Gasteiger partial charge in [-0.1, -0.05) is 23.2 Å². The van der Waals surface area contributed by atoms with Gasteiger partial charge >= 0.3 is 0 Å². The van der Waals surface area contributed by atoms with Gasteiger partial charge in [-0.3, -0.25) is 9.52 Å². The number of hydrogen-bond acceptors (Lipinski definition) is 6. The van der Waals surface area contributed by atoms with Crippen LogP contribution in [0.2, 0.25) is 10.0 Å². The van der Waals surface area contributed by atoms with Crippen LogP contribution < -0.4 is 14.8 Å². The molecule has 1 heterocycles. The third-order valence-electron chi connectivity index (χ3n) is 3.91. The lowest BCUT2D eigenvalue weighted by molar-refractivity contribution is -0.118. The van der Waals surface area contributed by atoms with E-state index in [1.54, 1.807) is 26.0 Å². The summed E-state index contributed by atoms with van der Waals surface area (Å²) < 4.78 is 32.9. The number of sulfonamides is 1. The highest BCUT2D eigenvalue weighted by atomic mass is 35.5. The van der Waals surface area contributed by atoms with Crippen molar-refractivity contribution in [2.24, 2.45) is 0 Å². The number of aromatic nitrogens is 2. The van der Waals surface area contributed by atoms with Crippen LogP contribution in [0.1, 0.15) is 11.5 Å². The summed E-state index contributed by atoms with van der Waals surface area (Å²) in [5, 5.41) is 3.36. The number of nitrogens with one attached hydrogen (secondary N) is 2. The molecule has 0 aliphatic rings. The Morgan fingerprint density at radius 3 is 2.39 bits per heavy atom. The number of anilines is 2. The van der Waals surface area contributed by atoms with E-state index in [4.69, 9.17) is 27.9 Å². The van der Waals surface area contributed by atoms with E-state index in [0.29, 0.717) is 28.0 Å². The number of carbonyl (C=O) groups excluding carboxylic acids is 1. The first-order chi connectivity index (χ1) is 14.6. The summed E-state index contributed by atoms with van der Waals surface area (Å²) in [7, 11) is -3.85. The van der Waals surface area contributed by atoms with Gasteiger partial charge in [-0.05, 0) is 56.3 Å².